The molecule has 0 atom stereocenters. The minimum Gasteiger partial charge on any atom is -0.365 e. The van der Waals surface area contributed by atoms with E-state index in [1.54, 1.807) is 31.2 Å². The Morgan fingerprint density at radius 2 is 1.73 bits per heavy atom. The van der Waals surface area contributed by atoms with E-state index in [9.17, 15) is 18.0 Å². The fraction of sp³-hybridized carbons (Fsp3) is 0.429. The van der Waals surface area contributed by atoms with Crippen LogP contribution in [-0.2, 0) is 14.8 Å². The van der Waals surface area contributed by atoms with Crippen molar-refractivity contribution in [2.75, 3.05) is 11.9 Å². The van der Waals surface area contributed by atoms with Crippen molar-refractivity contribution in [1.82, 2.24) is 4.31 Å². The lowest BCUT2D eigenvalue weighted by Crippen LogP contribution is -2.43. The summed E-state index contributed by atoms with van der Waals surface area (Å²) in [5, 5.41) is 3.08. The van der Waals surface area contributed by atoms with Crippen LogP contribution in [0.1, 0.15) is 52.0 Å². The third kappa shape index (κ3) is 4.58. The summed E-state index contributed by atoms with van der Waals surface area (Å²) in [6, 6.07) is 6.42. The van der Waals surface area contributed by atoms with Crippen molar-refractivity contribution < 1.29 is 18.0 Å². The number of carbonyl (C=O) groups excluding carboxylic acids is 2. The van der Waals surface area contributed by atoms with Crippen molar-refractivity contribution in [2.24, 2.45) is 5.73 Å². The summed E-state index contributed by atoms with van der Waals surface area (Å²) in [6.07, 6.45) is 3.31. The van der Waals surface area contributed by atoms with Gasteiger partial charge in [0.25, 0.3) is 5.91 Å². The molecular formula is C21H27N3O4S2. The lowest BCUT2D eigenvalue weighted by molar-refractivity contribution is -0.116. The number of benzene rings is 1. The number of anilines is 1. The van der Waals surface area contributed by atoms with Crippen molar-refractivity contribution >= 4 is 38.2 Å². The molecule has 9 heteroatoms. The number of rotatable bonds is 7. The molecule has 0 bridgehead atoms. The van der Waals surface area contributed by atoms with Crippen LogP contribution >= 0.6 is 11.3 Å². The number of nitrogens with one attached hydrogen (secondary N) is 1. The smallest absolute Gasteiger partial charge is 0.251 e. The van der Waals surface area contributed by atoms with Gasteiger partial charge in [-0.1, -0.05) is 30.5 Å². The summed E-state index contributed by atoms with van der Waals surface area (Å²) in [5.41, 5.74) is 7.43. The summed E-state index contributed by atoms with van der Waals surface area (Å²) in [4.78, 5) is 25.7. The SMILES string of the molecule is Cc1ccc(S(=O)(=O)N(CC(=O)Nc2sc(C)c(C)c2C(N)=O)C2CCCC2)cc1. The number of hydrogen-bond donors (Lipinski definition) is 2. The molecule has 1 aromatic carbocycles. The number of sulfonamides is 1. The van der Waals surface area contributed by atoms with E-state index in [2.05, 4.69) is 5.32 Å². The van der Waals surface area contributed by atoms with Crippen LogP contribution in [0.5, 0.6) is 0 Å². The summed E-state index contributed by atoms with van der Waals surface area (Å²) in [7, 11) is -3.83. The first kappa shape index (κ1) is 22.5. The molecule has 3 N–H and O–H groups in total. The first-order valence-electron chi connectivity index (χ1n) is 9.89. The normalized spacial score (nSPS) is 14.9. The summed E-state index contributed by atoms with van der Waals surface area (Å²) < 4.78 is 28.0. The number of aryl methyl sites for hydroxylation is 2. The van der Waals surface area contributed by atoms with Crippen molar-refractivity contribution in [3.8, 4) is 0 Å². The molecule has 0 aliphatic heterocycles. The highest BCUT2D eigenvalue weighted by atomic mass is 32.2. The molecule has 1 heterocycles. The zero-order valence-corrected chi connectivity index (χ0v) is 19.0. The van der Waals surface area contributed by atoms with Gasteiger partial charge in [0, 0.05) is 10.9 Å². The number of nitrogens with zero attached hydrogens (tertiary/aromatic N) is 1. The van der Waals surface area contributed by atoms with E-state index >= 15 is 0 Å². The van der Waals surface area contributed by atoms with Gasteiger partial charge in [-0.2, -0.15) is 4.31 Å². The average molecular weight is 450 g/mol. The van der Waals surface area contributed by atoms with Crippen LogP contribution in [-0.4, -0.2) is 37.1 Å². The zero-order chi connectivity index (χ0) is 22.1. The lowest BCUT2D eigenvalue weighted by Gasteiger charge is -2.27. The van der Waals surface area contributed by atoms with Crippen molar-refractivity contribution in [3.05, 3.63) is 45.8 Å². The third-order valence-corrected chi connectivity index (χ3v) is 8.58. The first-order chi connectivity index (χ1) is 14.1. The van der Waals surface area contributed by atoms with E-state index in [4.69, 9.17) is 5.73 Å². The van der Waals surface area contributed by atoms with Gasteiger partial charge in [0.2, 0.25) is 15.9 Å². The predicted molar refractivity (Wildman–Crippen MR) is 118 cm³/mol. The molecule has 0 unspecified atom stereocenters. The Balaban J connectivity index is 1.87. The Hall–Kier alpha value is -2.23. The maximum Gasteiger partial charge on any atom is 0.251 e. The maximum atomic E-state index is 13.3. The lowest BCUT2D eigenvalue weighted by atomic mass is 10.1. The molecule has 0 saturated heterocycles. The first-order valence-corrected chi connectivity index (χ1v) is 12.1. The standard InChI is InChI=1S/C21H27N3O4S2/c1-13-8-10-17(11-9-13)30(27,28)24(16-6-4-5-7-16)12-18(25)23-21-19(20(22)26)14(2)15(3)29-21/h8-11,16H,4-7,12H2,1-3H3,(H2,22,26)(H,23,25). The van der Waals surface area contributed by atoms with E-state index in [1.165, 1.54) is 15.6 Å². The van der Waals surface area contributed by atoms with Crippen molar-refractivity contribution in [3.63, 3.8) is 0 Å². The van der Waals surface area contributed by atoms with Gasteiger partial charge in [0.1, 0.15) is 5.00 Å². The average Bonchev–Trinajstić information content (AvgIpc) is 3.28. The van der Waals surface area contributed by atoms with Crippen LogP contribution in [0.15, 0.2) is 29.2 Å². The van der Waals surface area contributed by atoms with Gasteiger partial charge in [-0.15, -0.1) is 11.3 Å². The number of carbonyl (C=O) groups is 2. The number of hydrogen-bond acceptors (Lipinski definition) is 5. The van der Waals surface area contributed by atoms with Crippen LogP contribution in [0.4, 0.5) is 5.00 Å². The van der Waals surface area contributed by atoms with Crippen LogP contribution in [0.3, 0.4) is 0 Å². The molecule has 1 saturated carbocycles. The van der Waals surface area contributed by atoms with E-state index in [1.807, 2.05) is 13.8 Å². The minimum absolute atomic E-state index is 0.174. The number of amides is 2. The highest BCUT2D eigenvalue weighted by Crippen LogP contribution is 2.33. The van der Waals surface area contributed by atoms with Gasteiger partial charge in [-0.25, -0.2) is 8.42 Å². The van der Waals surface area contributed by atoms with Crippen molar-refractivity contribution in [2.45, 2.75) is 57.4 Å². The molecule has 1 aromatic heterocycles. The third-order valence-electron chi connectivity index (χ3n) is 5.54. The van der Waals surface area contributed by atoms with Gasteiger partial charge in [0.15, 0.2) is 0 Å². The Morgan fingerprint density at radius 3 is 2.30 bits per heavy atom. The fourth-order valence-electron chi connectivity index (χ4n) is 3.77. The molecule has 7 nitrogen and oxygen atoms in total. The zero-order valence-electron chi connectivity index (χ0n) is 17.4. The van der Waals surface area contributed by atoms with Gasteiger partial charge in [-0.3, -0.25) is 9.59 Å². The molecular weight excluding hydrogens is 422 g/mol. The van der Waals surface area contributed by atoms with E-state index < -0.39 is 21.8 Å². The molecule has 30 heavy (non-hydrogen) atoms. The maximum absolute atomic E-state index is 13.3. The van der Waals surface area contributed by atoms with Crippen LogP contribution in [0.2, 0.25) is 0 Å². The van der Waals surface area contributed by atoms with Gasteiger partial charge in [0.05, 0.1) is 17.0 Å². The highest BCUT2D eigenvalue weighted by molar-refractivity contribution is 7.89. The number of thiophene rings is 1. The van der Waals surface area contributed by atoms with Crippen LogP contribution < -0.4 is 11.1 Å². The second-order valence-electron chi connectivity index (χ2n) is 7.70. The van der Waals surface area contributed by atoms with Gasteiger partial charge < -0.3 is 11.1 Å². The molecule has 2 amide bonds. The molecule has 1 aliphatic rings. The summed E-state index contributed by atoms with van der Waals surface area (Å²) in [5.74, 6) is -1.10. The predicted octanol–water partition coefficient (Wildman–Crippen LogP) is 3.34. The number of primary amides is 1. The summed E-state index contributed by atoms with van der Waals surface area (Å²) >= 11 is 1.26. The molecule has 3 rings (SSSR count). The Bertz CT molecular complexity index is 1050. The minimum atomic E-state index is -3.83. The Labute approximate surface area is 181 Å². The largest absolute Gasteiger partial charge is 0.365 e. The topological polar surface area (TPSA) is 110 Å². The monoisotopic (exact) mass is 449 g/mol. The molecule has 1 aliphatic carbocycles. The van der Waals surface area contributed by atoms with E-state index in [0.29, 0.717) is 5.00 Å². The number of nitrogens with two attached hydrogens (primary N) is 1. The Morgan fingerprint density at radius 1 is 1.13 bits per heavy atom. The molecule has 0 radical (unpaired) electrons. The van der Waals surface area contributed by atoms with Crippen LogP contribution in [0.25, 0.3) is 0 Å². The quantitative estimate of drug-likeness (QED) is 0.675. The summed E-state index contributed by atoms with van der Waals surface area (Å²) in [6.45, 7) is 5.19. The molecule has 162 valence electrons. The van der Waals surface area contributed by atoms with Crippen LogP contribution in [0, 0.1) is 20.8 Å². The molecule has 2 aromatic rings. The van der Waals surface area contributed by atoms with E-state index in [0.717, 1.165) is 41.7 Å². The highest BCUT2D eigenvalue weighted by Gasteiger charge is 2.35. The van der Waals surface area contributed by atoms with Gasteiger partial charge >= 0.3 is 0 Å². The molecule has 0 spiro atoms. The molecule has 1 fully saturated rings. The second-order valence-corrected chi connectivity index (χ2v) is 10.8. The Kier molecular flexibility index (Phi) is 6.64. The van der Waals surface area contributed by atoms with Gasteiger partial charge in [-0.05, 0) is 51.3 Å². The fourth-order valence-corrected chi connectivity index (χ4v) is 6.49. The second kappa shape index (κ2) is 8.87. The van der Waals surface area contributed by atoms with Crippen molar-refractivity contribution in [1.29, 1.82) is 0 Å². The van der Waals surface area contributed by atoms with E-state index in [-0.39, 0.29) is 23.0 Å².